The van der Waals surface area contributed by atoms with Gasteiger partial charge < -0.3 is 10.2 Å². The molecule has 0 aliphatic heterocycles. The molecule has 0 unspecified atom stereocenters. The van der Waals surface area contributed by atoms with Crippen molar-refractivity contribution in [3.05, 3.63) is 65.6 Å². The predicted molar refractivity (Wildman–Crippen MR) is 115 cm³/mol. The Balaban J connectivity index is 1.50. The molecule has 3 aromatic heterocycles. The number of nitrogens with one attached hydrogen (secondary N) is 1. The van der Waals surface area contributed by atoms with Crippen LogP contribution in [0.5, 0.6) is 0 Å². The van der Waals surface area contributed by atoms with Crippen molar-refractivity contribution in [3.8, 4) is 0 Å². The second-order valence-corrected chi connectivity index (χ2v) is 9.86. The van der Waals surface area contributed by atoms with Crippen LogP contribution in [-0.4, -0.2) is 40.7 Å². The van der Waals surface area contributed by atoms with Gasteiger partial charge in [0.25, 0.3) is 0 Å². The normalized spacial score (nSPS) is 14.1. The Kier molecular flexibility index (Phi) is 6.39. The molecule has 0 radical (unpaired) electrons. The summed E-state index contributed by atoms with van der Waals surface area (Å²) in [5, 5.41) is 2.79. The third-order valence-electron chi connectivity index (χ3n) is 5.14. The van der Waals surface area contributed by atoms with Crippen molar-refractivity contribution in [3.63, 3.8) is 0 Å². The van der Waals surface area contributed by atoms with Crippen molar-refractivity contribution in [2.75, 3.05) is 16.5 Å². The first-order valence-corrected chi connectivity index (χ1v) is 12.1. The minimum absolute atomic E-state index is 0.00674. The molecule has 3 heterocycles. The molecule has 3 aromatic rings. The lowest BCUT2D eigenvalue weighted by Gasteiger charge is -2.24. The average Bonchev–Trinajstić information content (AvgIpc) is 3.62. The highest BCUT2D eigenvalue weighted by atomic mass is 32.2. The lowest BCUT2D eigenvalue weighted by molar-refractivity contribution is -0.141. The van der Waals surface area contributed by atoms with Crippen LogP contribution in [0.2, 0.25) is 0 Å². The van der Waals surface area contributed by atoms with E-state index in [1.165, 1.54) is 24.7 Å². The second kappa shape index (κ2) is 9.12. The van der Waals surface area contributed by atoms with Crippen molar-refractivity contribution in [1.29, 1.82) is 0 Å². The Morgan fingerprint density at radius 1 is 1.03 bits per heavy atom. The van der Waals surface area contributed by atoms with Gasteiger partial charge in [-0.3, -0.25) is 4.98 Å². The van der Waals surface area contributed by atoms with Gasteiger partial charge in [-0.15, -0.1) is 0 Å². The number of hydrogen-bond donors (Lipinski definition) is 1. The molecule has 0 saturated heterocycles. The number of halogens is 4. The number of aromatic nitrogens is 4. The molecule has 1 aliphatic carbocycles. The summed E-state index contributed by atoms with van der Waals surface area (Å²) in [7, 11) is -3.42. The van der Waals surface area contributed by atoms with E-state index in [0.717, 1.165) is 31.4 Å². The Bertz CT molecular complexity index is 1260. The maximum Gasteiger partial charge on any atom is 0.433 e. The van der Waals surface area contributed by atoms with E-state index in [1.54, 1.807) is 11.0 Å². The van der Waals surface area contributed by atoms with E-state index in [-0.39, 0.29) is 35.8 Å². The van der Waals surface area contributed by atoms with Crippen LogP contribution in [0.25, 0.3) is 0 Å². The van der Waals surface area contributed by atoms with Gasteiger partial charge in [0.2, 0.25) is 5.82 Å². The maximum atomic E-state index is 15.3. The van der Waals surface area contributed by atoms with E-state index in [1.807, 2.05) is 0 Å². The van der Waals surface area contributed by atoms with E-state index in [2.05, 4.69) is 25.3 Å². The zero-order chi connectivity index (χ0) is 24.5. The van der Waals surface area contributed by atoms with Gasteiger partial charge in [0.15, 0.2) is 26.5 Å². The largest absolute Gasteiger partial charge is 0.433 e. The summed E-state index contributed by atoms with van der Waals surface area (Å²) in [6, 6.07) is 5.14. The lowest BCUT2D eigenvalue weighted by atomic mass is 10.2. The maximum absolute atomic E-state index is 15.3. The van der Waals surface area contributed by atoms with Crippen molar-refractivity contribution >= 4 is 21.5 Å². The van der Waals surface area contributed by atoms with Crippen molar-refractivity contribution < 1.29 is 26.0 Å². The Hall–Kier alpha value is -3.35. The standard InChI is InChI=1S/C21H20F4N6O2S/c1-34(32,33)17-7-3-13(8-27-17)9-28-19-18(22)20(30-12-29-19)31(15-4-5-15)11-14-2-6-16(26-10-14)21(23,24)25/h2-3,6-8,10,12,15H,4-5,9,11H2,1H3,(H,28,29,30). The summed E-state index contributed by atoms with van der Waals surface area (Å²) >= 11 is 0. The number of nitrogens with zero attached hydrogens (tertiary/aromatic N) is 5. The van der Waals surface area contributed by atoms with Crippen molar-refractivity contribution in [2.45, 2.75) is 43.2 Å². The summed E-state index contributed by atoms with van der Waals surface area (Å²) < 4.78 is 76.6. The number of rotatable bonds is 8. The number of sulfone groups is 1. The third kappa shape index (κ3) is 5.58. The summed E-state index contributed by atoms with van der Waals surface area (Å²) in [6.07, 6.45) is 1.83. The van der Waals surface area contributed by atoms with Crippen LogP contribution in [0.3, 0.4) is 0 Å². The first kappa shape index (κ1) is 23.8. The minimum atomic E-state index is -4.53. The molecular weight excluding hydrogens is 476 g/mol. The molecule has 1 saturated carbocycles. The molecule has 0 bridgehead atoms. The fourth-order valence-electron chi connectivity index (χ4n) is 3.25. The molecule has 1 aliphatic rings. The summed E-state index contributed by atoms with van der Waals surface area (Å²) in [5.41, 5.74) is 0.110. The summed E-state index contributed by atoms with van der Waals surface area (Å²) in [6.45, 7) is 0.275. The van der Waals surface area contributed by atoms with Gasteiger partial charge >= 0.3 is 6.18 Å². The molecule has 1 fully saturated rings. The molecule has 1 N–H and O–H groups in total. The van der Waals surface area contributed by atoms with E-state index >= 15 is 4.39 Å². The van der Waals surface area contributed by atoms with Crippen LogP contribution in [-0.2, 0) is 29.1 Å². The van der Waals surface area contributed by atoms with Gasteiger partial charge in [-0.05, 0) is 36.1 Å². The van der Waals surface area contributed by atoms with Crippen LogP contribution in [0.4, 0.5) is 29.2 Å². The predicted octanol–water partition coefficient (Wildman–Crippen LogP) is 3.61. The average molecular weight is 496 g/mol. The van der Waals surface area contributed by atoms with Crippen LogP contribution in [0, 0.1) is 5.82 Å². The van der Waals surface area contributed by atoms with Crippen molar-refractivity contribution in [1.82, 2.24) is 19.9 Å². The highest BCUT2D eigenvalue weighted by Gasteiger charge is 2.34. The Morgan fingerprint density at radius 2 is 1.74 bits per heavy atom. The number of anilines is 2. The summed E-state index contributed by atoms with van der Waals surface area (Å²) in [5.74, 6) is -0.728. The summed E-state index contributed by atoms with van der Waals surface area (Å²) in [4.78, 5) is 17.1. The first-order chi connectivity index (χ1) is 16.0. The van der Waals surface area contributed by atoms with Gasteiger partial charge in [0, 0.05) is 37.8 Å². The number of pyridine rings is 2. The smallest absolute Gasteiger partial charge is 0.363 e. The van der Waals surface area contributed by atoms with Crippen molar-refractivity contribution in [2.24, 2.45) is 0 Å². The zero-order valence-electron chi connectivity index (χ0n) is 17.9. The van der Waals surface area contributed by atoms with Gasteiger partial charge in [-0.1, -0.05) is 12.1 Å². The molecule has 180 valence electrons. The van der Waals surface area contributed by atoms with Crippen LogP contribution >= 0.6 is 0 Å². The zero-order valence-corrected chi connectivity index (χ0v) is 18.7. The molecular formula is C21H20F4N6O2S. The van der Waals surface area contributed by atoms with Crippen LogP contribution < -0.4 is 10.2 Å². The number of alkyl halides is 3. The van der Waals surface area contributed by atoms with E-state index in [9.17, 15) is 21.6 Å². The fraction of sp³-hybridized carbons (Fsp3) is 0.333. The topological polar surface area (TPSA) is 101 Å². The molecule has 34 heavy (non-hydrogen) atoms. The first-order valence-electron chi connectivity index (χ1n) is 10.2. The molecule has 0 spiro atoms. The van der Waals surface area contributed by atoms with Gasteiger partial charge in [0.05, 0.1) is 0 Å². The van der Waals surface area contributed by atoms with E-state index in [0.29, 0.717) is 11.1 Å². The molecule has 0 amide bonds. The van der Waals surface area contributed by atoms with Crippen LogP contribution in [0.1, 0.15) is 29.7 Å². The molecule has 4 rings (SSSR count). The van der Waals surface area contributed by atoms with Crippen LogP contribution in [0.15, 0.2) is 48.0 Å². The highest BCUT2D eigenvalue weighted by Crippen LogP contribution is 2.35. The second-order valence-electron chi connectivity index (χ2n) is 7.90. The monoisotopic (exact) mass is 496 g/mol. The molecule has 13 heteroatoms. The Labute approximate surface area is 193 Å². The van der Waals surface area contributed by atoms with Gasteiger partial charge in [-0.2, -0.15) is 17.6 Å². The molecule has 0 aromatic carbocycles. The lowest BCUT2D eigenvalue weighted by Crippen LogP contribution is -2.28. The highest BCUT2D eigenvalue weighted by molar-refractivity contribution is 7.90. The van der Waals surface area contributed by atoms with Gasteiger partial charge in [-0.25, -0.2) is 23.4 Å². The molecule has 8 nitrogen and oxygen atoms in total. The third-order valence-corrected chi connectivity index (χ3v) is 6.14. The quantitative estimate of drug-likeness (QED) is 0.472. The Morgan fingerprint density at radius 3 is 2.29 bits per heavy atom. The van der Waals surface area contributed by atoms with E-state index in [4.69, 9.17) is 0 Å². The fourth-order valence-corrected chi connectivity index (χ4v) is 3.81. The van der Waals surface area contributed by atoms with Gasteiger partial charge in [0.1, 0.15) is 12.0 Å². The number of hydrogen-bond acceptors (Lipinski definition) is 8. The SMILES string of the molecule is CS(=O)(=O)c1ccc(CNc2ncnc(N(Cc3ccc(C(F)(F)F)nc3)C3CC3)c2F)cn1. The molecule has 0 atom stereocenters. The van der Waals surface area contributed by atoms with E-state index < -0.39 is 27.5 Å². The minimum Gasteiger partial charge on any atom is -0.363 e.